The molecule has 0 saturated carbocycles. The van der Waals surface area contributed by atoms with Gasteiger partial charge in [-0.25, -0.2) is 4.79 Å². The lowest BCUT2D eigenvalue weighted by Gasteiger charge is -2.15. The monoisotopic (exact) mass is 153 g/mol. The Morgan fingerprint density at radius 3 is 3.00 bits per heavy atom. The molecule has 0 bridgehead atoms. The van der Waals surface area contributed by atoms with Gasteiger partial charge in [0.25, 0.3) is 0 Å². The second-order valence-corrected chi connectivity index (χ2v) is 2.52. The van der Waals surface area contributed by atoms with E-state index in [0.29, 0.717) is 12.1 Å². The Morgan fingerprint density at radius 1 is 1.82 bits per heavy atom. The first-order valence-electron chi connectivity index (χ1n) is 3.55. The number of aliphatic carboxylic acids is 1. The highest BCUT2D eigenvalue weighted by molar-refractivity contribution is 5.87. The van der Waals surface area contributed by atoms with E-state index in [1.807, 2.05) is 6.08 Å². The average Bonchev–Trinajstić information content (AvgIpc) is 2.04. The first kappa shape index (κ1) is 8.01. The fourth-order valence-electron chi connectivity index (χ4n) is 1.15. The fraction of sp³-hybridized carbons (Fsp3) is 0.375. The van der Waals surface area contributed by atoms with Crippen molar-refractivity contribution >= 4 is 5.97 Å². The molecule has 0 fully saturated rings. The Morgan fingerprint density at radius 2 is 2.55 bits per heavy atom. The Balaban J connectivity index is 2.78. The first-order chi connectivity index (χ1) is 5.25. The summed E-state index contributed by atoms with van der Waals surface area (Å²) in [5, 5.41) is 8.68. The highest BCUT2D eigenvalue weighted by atomic mass is 16.4. The summed E-state index contributed by atoms with van der Waals surface area (Å²) in [4.78, 5) is 10.6. The molecule has 11 heavy (non-hydrogen) atoms. The molecular weight excluding hydrogens is 142 g/mol. The summed E-state index contributed by atoms with van der Waals surface area (Å²) in [6.07, 6.45) is 6.05. The number of nitrogens with two attached hydrogens (primary N) is 1. The molecular formula is C8H11NO2. The van der Waals surface area contributed by atoms with Crippen LogP contribution in [-0.2, 0) is 4.79 Å². The lowest BCUT2D eigenvalue weighted by atomic mass is 9.92. The predicted molar refractivity (Wildman–Crippen MR) is 42.0 cm³/mol. The van der Waals surface area contributed by atoms with Crippen molar-refractivity contribution in [2.24, 2.45) is 11.7 Å². The van der Waals surface area contributed by atoms with Gasteiger partial charge in [-0.1, -0.05) is 18.2 Å². The summed E-state index contributed by atoms with van der Waals surface area (Å²) < 4.78 is 0. The SMILES string of the molecule is NCC1CC=CC=C1C(=O)O. The maximum absolute atomic E-state index is 10.6. The maximum Gasteiger partial charge on any atom is 0.331 e. The summed E-state index contributed by atoms with van der Waals surface area (Å²) in [5.74, 6) is -0.859. The van der Waals surface area contributed by atoms with Gasteiger partial charge in [0.2, 0.25) is 0 Å². The van der Waals surface area contributed by atoms with Gasteiger partial charge in [0.15, 0.2) is 0 Å². The van der Waals surface area contributed by atoms with Crippen molar-refractivity contribution in [3.05, 3.63) is 23.8 Å². The van der Waals surface area contributed by atoms with Crippen LogP contribution in [0.25, 0.3) is 0 Å². The van der Waals surface area contributed by atoms with Crippen LogP contribution < -0.4 is 5.73 Å². The Kier molecular flexibility index (Phi) is 2.44. The molecule has 0 radical (unpaired) electrons. The number of rotatable bonds is 2. The standard InChI is InChI=1S/C8H11NO2/c9-5-6-3-1-2-4-7(6)8(10)11/h1-2,4,6H,3,5,9H2,(H,10,11). The summed E-state index contributed by atoms with van der Waals surface area (Å²) in [6.45, 7) is 0.405. The molecule has 1 unspecified atom stereocenters. The second kappa shape index (κ2) is 3.34. The number of hydrogen-bond donors (Lipinski definition) is 2. The summed E-state index contributed by atoms with van der Waals surface area (Å²) in [7, 11) is 0. The molecule has 1 rings (SSSR count). The van der Waals surface area contributed by atoms with Crippen LogP contribution >= 0.6 is 0 Å². The average molecular weight is 153 g/mol. The van der Waals surface area contributed by atoms with Crippen molar-refractivity contribution in [3.63, 3.8) is 0 Å². The van der Waals surface area contributed by atoms with E-state index >= 15 is 0 Å². The van der Waals surface area contributed by atoms with Gasteiger partial charge in [0.1, 0.15) is 0 Å². The van der Waals surface area contributed by atoms with E-state index < -0.39 is 5.97 Å². The Hall–Kier alpha value is -1.09. The van der Waals surface area contributed by atoms with Gasteiger partial charge in [-0.3, -0.25) is 0 Å². The van der Waals surface area contributed by atoms with E-state index in [1.54, 1.807) is 12.2 Å². The van der Waals surface area contributed by atoms with Crippen molar-refractivity contribution < 1.29 is 9.90 Å². The summed E-state index contributed by atoms with van der Waals surface area (Å²) in [6, 6.07) is 0. The lowest BCUT2D eigenvalue weighted by Crippen LogP contribution is -2.22. The molecule has 60 valence electrons. The molecule has 0 aromatic rings. The van der Waals surface area contributed by atoms with Gasteiger partial charge >= 0.3 is 5.97 Å². The topological polar surface area (TPSA) is 63.3 Å². The van der Waals surface area contributed by atoms with Gasteiger partial charge in [-0.2, -0.15) is 0 Å². The number of hydrogen-bond acceptors (Lipinski definition) is 2. The number of carboxylic acids is 1. The quantitative estimate of drug-likeness (QED) is 0.608. The van der Waals surface area contributed by atoms with Crippen molar-refractivity contribution in [3.8, 4) is 0 Å². The van der Waals surface area contributed by atoms with Crippen molar-refractivity contribution in [2.45, 2.75) is 6.42 Å². The molecule has 3 nitrogen and oxygen atoms in total. The normalized spacial score (nSPS) is 23.0. The highest BCUT2D eigenvalue weighted by Crippen LogP contribution is 2.18. The molecule has 0 amide bonds. The van der Waals surface area contributed by atoms with E-state index in [0.717, 1.165) is 6.42 Å². The molecule has 0 spiro atoms. The summed E-state index contributed by atoms with van der Waals surface area (Å²) >= 11 is 0. The maximum atomic E-state index is 10.6. The molecule has 3 N–H and O–H groups in total. The van der Waals surface area contributed by atoms with Crippen LogP contribution in [0.1, 0.15) is 6.42 Å². The van der Waals surface area contributed by atoms with Crippen LogP contribution in [0.5, 0.6) is 0 Å². The van der Waals surface area contributed by atoms with E-state index in [1.165, 1.54) is 0 Å². The number of carboxylic acid groups (broad SMARTS) is 1. The van der Waals surface area contributed by atoms with Gasteiger partial charge in [-0.15, -0.1) is 0 Å². The molecule has 0 aromatic heterocycles. The predicted octanol–water partition coefficient (Wildman–Crippen LogP) is 0.532. The minimum Gasteiger partial charge on any atom is -0.478 e. The van der Waals surface area contributed by atoms with E-state index in [9.17, 15) is 4.79 Å². The molecule has 1 aliphatic carbocycles. The fourth-order valence-corrected chi connectivity index (χ4v) is 1.15. The molecule has 1 aliphatic rings. The third kappa shape index (κ3) is 1.68. The summed E-state index contributed by atoms with van der Waals surface area (Å²) in [5.41, 5.74) is 5.82. The minimum atomic E-state index is -0.857. The van der Waals surface area contributed by atoms with E-state index in [4.69, 9.17) is 10.8 Å². The molecule has 0 saturated heterocycles. The van der Waals surface area contributed by atoms with Gasteiger partial charge < -0.3 is 10.8 Å². The second-order valence-electron chi connectivity index (χ2n) is 2.52. The Bertz CT molecular complexity index is 218. The van der Waals surface area contributed by atoms with Crippen molar-refractivity contribution in [1.82, 2.24) is 0 Å². The van der Waals surface area contributed by atoms with Crippen LogP contribution in [0.15, 0.2) is 23.8 Å². The van der Waals surface area contributed by atoms with Crippen molar-refractivity contribution in [1.29, 1.82) is 0 Å². The van der Waals surface area contributed by atoms with E-state index in [2.05, 4.69) is 0 Å². The minimum absolute atomic E-state index is 0.00231. The number of carbonyl (C=O) groups is 1. The van der Waals surface area contributed by atoms with E-state index in [-0.39, 0.29) is 5.92 Å². The molecule has 0 aromatic carbocycles. The van der Waals surface area contributed by atoms with Gasteiger partial charge in [0.05, 0.1) is 0 Å². The third-order valence-electron chi connectivity index (χ3n) is 1.80. The van der Waals surface area contributed by atoms with Crippen LogP contribution in [0.4, 0.5) is 0 Å². The Labute approximate surface area is 65.2 Å². The van der Waals surface area contributed by atoms with Crippen LogP contribution in [-0.4, -0.2) is 17.6 Å². The van der Waals surface area contributed by atoms with Crippen LogP contribution in [0, 0.1) is 5.92 Å². The first-order valence-corrected chi connectivity index (χ1v) is 3.55. The number of allylic oxidation sites excluding steroid dienone is 3. The van der Waals surface area contributed by atoms with Gasteiger partial charge in [0, 0.05) is 11.5 Å². The van der Waals surface area contributed by atoms with Crippen LogP contribution in [0.3, 0.4) is 0 Å². The van der Waals surface area contributed by atoms with Crippen molar-refractivity contribution in [2.75, 3.05) is 6.54 Å². The molecule has 1 atom stereocenters. The lowest BCUT2D eigenvalue weighted by molar-refractivity contribution is -0.133. The van der Waals surface area contributed by atoms with Gasteiger partial charge in [-0.05, 0) is 13.0 Å². The molecule has 3 heteroatoms. The largest absolute Gasteiger partial charge is 0.478 e. The third-order valence-corrected chi connectivity index (χ3v) is 1.80. The smallest absolute Gasteiger partial charge is 0.331 e. The highest BCUT2D eigenvalue weighted by Gasteiger charge is 2.18. The zero-order valence-electron chi connectivity index (χ0n) is 6.16. The molecule has 0 aliphatic heterocycles. The van der Waals surface area contributed by atoms with Crippen LogP contribution in [0.2, 0.25) is 0 Å². The molecule has 0 heterocycles. The zero-order valence-corrected chi connectivity index (χ0v) is 6.16. The zero-order chi connectivity index (χ0) is 8.27.